The maximum absolute atomic E-state index is 9.85. The molecule has 104 valence electrons. The fourth-order valence-electron chi connectivity index (χ4n) is 2.72. The van der Waals surface area contributed by atoms with Crippen LogP contribution in [0.5, 0.6) is 11.5 Å². The summed E-state index contributed by atoms with van der Waals surface area (Å²) >= 11 is 0. The van der Waals surface area contributed by atoms with Crippen LogP contribution in [0.3, 0.4) is 0 Å². The summed E-state index contributed by atoms with van der Waals surface area (Å²) in [6.07, 6.45) is 1.93. The van der Waals surface area contributed by atoms with Crippen molar-refractivity contribution in [3.8, 4) is 11.5 Å². The highest BCUT2D eigenvalue weighted by molar-refractivity contribution is 5.45. The van der Waals surface area contributed by atoms with Gasteiger partial charge in [0.1, 0.15) is 0 Å². The molecular formula is C15H20O4. The van der Waals surface area contributed by atoms with Crippen LogP contribution >= 0.6 is 0 Å². The first-order valence-corrected chi connectivity index (χ1v) is 6.89. The molecule has 4 nitrogen and oxygen atoms in total. The van der Waals surface area contributed by atoms with E-state index in [9.17, 15) is 5.11 Å². The molecule has 2 aliphatic rings. The predicted molar refractivity (Wildman–Crippen MR) is 70.6 cm³/mol. The zero-order valence-electron chi connectivity index (χ0n) is 11.2. The van der Waals surface area contributed by atoms with Gasteiger partial charge in [0.05, 0.1) is 31.5 Å². The van der Waals surface area contributed by atoms with Crippen molar-refractivity contribution in [2.45, 2.75) is 37.9 Å². The number of rotatable bonds is 1. The Labute approximate surface area is 113 Å². The number of aliphatic hydroxyl groups excluding tert-OH is 1. The van der Waals surface area contributed by atoms with E-state index in [4.69, 9.17) is 14.2 Å². The lowest BCUT2D eigenvalue weighted by Crippen LogP contribution is -2.37. The van der Waals surface area contributed by atoms with Crippen LogP contribution in [0.1, 0.15) is 31.7 Å². The first-order chi connectivity index (χ1) is 9.17. The van der Waals surface area contributed by atoms with Gasteiger partial charge < -0.3 is 19.3 Å². The van der Waals surface area contributed by atoms with E-state index in [2.05, 4.69) is 0 Å². The van der Waals surface area contributed by atoms with Crippen LogP contribution in [-0.2, 0) is 10.3 Å². The third-order valence-electron chi connectivity index (χ3n) is 3.86. The van der Waals surface area contributed by atoms with E-state index in [1.54, 1.807) is 0 Å². The Balaban J connectivity index is 1.90. The average Bonchev–Trinajstić information content (AvgIpc) is 2.62. The Kier molecular flexibility index (Phi) is 3.37. The van der Waals surface area contributed by atoms with Gasteiger partial charge in [0.2, 0.25) is 0 Å². The number of benzene rings is 1. The highest BCUT2D eigenvalue weighted by atomic mass is 16.5. The summed E-state index contributed by atoms with van der Waals surface area (Å²) in [6.45, 7) is 3.98. The van der Waals surface area contributed by atoms with Crippen molar-refractivity contribution in [2.75, 3.05) is 19.8 Å². The number of ether oxygens (including phenoxy) is 3. The van der Waals surface area contributed by atoms with Crippen molar-refractivity contribution >= 4 is 0 Å². The molecule has 0 bridgehead atoms. The van der Waals surface area contributed by atoms with Crippen LogP contribution in [0.15, 0.2) is 18.2 Å². The van der Waals surface area contributed by atoms with Crippen LogP contribution in [0.25, 0.3) is 0 Å². The van der Waals surface area contributed by atoms with Crippen LogP contribution in [0, 0.1) is 0 Å². The third kappa shape index (κ3) is 2.55. The minimum atomic E-state index is -0.442. The third-order valence-corrected chi connectivity index (χ3v) is 3.86. The number of hydrogen-bond donors (Lipinski definition) is 1. The summed E-state index contributed by atoms with van der Waals surface area (Å²) in [4.78, 5) is 0. The van der Waals surface area contributed by atoms with Gasteiger partial charge in [-0.25, -0.2) is 0 Å². The van der Waals surface area contributed by atoms with Crippen LogP contribution in [0.4, 0.5) is 0 Å². The lowest BCUT2D eigenvalue weighted by atomic mass is 9.87. The maximum atomic E-state index is 9.85. The summed E-state index contributed by atoms with van der Waals surface area (Å²) in [7, 11) is 0. The van der Waals surface area contributed by atoms with E-state index in [1.165, 1.54) is 0 Å². The Morgan fingerprint density at radius 2 is 1.95 bits per heavy atom. The fourth-order valence-corrected chi connectivity index (χ4v) is 2.72. The fraction of sp³-hybridized carbons (Fsp3) is 0.600. The summed E-state index contributed by atoms with van der Waals surface area (Å²) in [5.74, 6) is 1.57. The summed E-state index contributed by atoms with van der Waals surface area (Å²) in [6, 6.07) is 5.93. The molecule has 0 amide bonds. The molecule has 1 saturated heterocycles. The molecule has 0 aromatic heterocycles. The van der Waals surface area contributed by atoms with Crippen LogP contribution < -0.4 is 9.47 Å². The van der Waals surface area contributed by atoms with Gasteiger partial charge in [-0.05, 0) is 31.0 Å². The van der Waals surface area contributed by atoms with E-state index >= 15 is 0 Å². The van der Waals surface area contributed by atoms with Gasteiger partial charge in [-0.1, -0.05) is 6.07 Å². The summed E-state index contributed by atoms with van der Waals surface area (Å²) in [5, 5.41) is 9.85. The lowest BCUT2D eigenvalue weighted by molar-refractivity contribution is -0.112. The molecule has 19 heavy (non-hydrogen) atoms. The lowest BCUT2D eigenvalue weighted by Gasteiger charge is -2.37. The first kappa shape index (κ1) is 12.8. The highest BCUT2D eigenvalue weighted by Crippen LogP contribution is 2.39. The topological polar surface area (TPSA) is 47.9 Å². The van der Waals surface area contributed by atoms with Gasteiger partial charge >= 0.3 is 0 Å². The van der Waals surface area contributed by atoms with Gasteiger partial charge in [0.25, 0.3) is 0 Å². The van der Waals surface area contributed by atoms with E-state index < -0.39 is 5.60 Å². The quantitative estimate of drug-likeness (QED) is 0.845. The zero-order valence-corrected chi connectivity index (χ0v) is 11.2. The molecule has 3 rings (SSSR count). The van der Waals surface area contributed by atoms with Gasteiger partial charge in [-0.3, -0.25) is 0 Å². The van der Waals surface area contributed by atoms with Crippen molar-refractivity contribution in [1.29, 1.82) is 0 Å². The van der Waals surface area contributed by atoms with E-state index in [1.807, 2.05) is 25.1 Å². The maximum Gasteiger partial charge on any atom is 0.161 e. The molecule has 1 aromatic carbocycles. The Morgan fingerprint density at radius 1 is 1.16 bits per heavy atom. The second kappa shape index (κ2) is 5.02. The normalized spacial score (nSPS) is 30.7. The largest absolute Gasteiger partial charge is 0.490 e. The van der Waals surface area contributed by atoms with Crippen LogP contribution in [0.2, 0.25) is 0 Å². The molecule has 0 radical (unpaired) electrons. The predicted octanol–water partition coefficient (Wildman–Crippen LogP) is 2.23. The van der Waals surface area contributed by atoms with E-state index in [0.717, 1.165) is 23.5 Å². The van der Waals surface area contributed by atoms with E-state index in [0.29, 0.717) is 32.7 Å². The smallest absolute Gasteiger partial charge is 0.161 e. The van der Waals surface area contributed by atoms with E-state index in [-0.39, 0.29) is 6.10 Å². The molecule has 0 aliphatic carbocycles. The monoisotopic (exact) mass is 264 g/mol. The van der Waals surface area contributed by atoms with Gasteiger partial charge in [-0.2, -0.15) is 0 Å². The number of hydrogen-bond acceptors (Lipinski definition) is 4. The summed E-state index contributed by atoms with van der Waals surface area (Å²) in [5.41, 5.74) is 0.595. The second-order valence-corrected chi connectivity index (χ2v) is 5.44. The molecule has 1 aromatic rings. The highest BCUT2D eigenvalue weighted by Gasteiger charge is 2.35. The molecule has 2 unspecified atom stereocenters. The molecule has 0 spiro atoms. The molecule has 2 aliphatic heterocycles. The molecular weight excluding hydrogens is 244 g/mol. The number of aliphatic hydroxyl groups is 1. The molecule has 0 saturated carbocycles. The van der Waals surface area contributed by atoms with Crippen molar-refractivity contribution in [1.82, 2.24) is 0 Å². The molecule has 1 fully saturated rings. The number of fused-ring (bicyclic) bond motifs is 1. The van der Waals surface area contributed by atoms with Gasteiger partial charge in [0, 0.05) is 12.8 Å². The Morgan fingerprint density at radius 3 is 2.74 bits per heavy atom. The Bertz CT molecular complexity index is 459. The molecule has 4 heteroatoms. The van der Waals surface area contributed by atoms with Crippen LogP contribution in [-0.4, -0.2) is 31.0 Å². The van der Waals surface area contributed by atoms with Gasteiger partial charge in [0.15, 0.2) is 11.5 Å². The molecule has 2 atom stereocenters. The average molecular weight is 264 g/mol. The van der Waals surface area contributed by atoms with Crippen molar-refractivity contribution in [2.24, 2.45) is 0 Å². The zero-order chi connectivity index (χ0) is 13.3. The van der Waals surface area contributed by atoms with Crippen molar-refractivity contribution in [3.05, 3.63) is 23.8 Å². The van der Waals surface area contributed by atoms with Crippen molar-refractivity contribution < 1.29 is 19.3 Å². The first-order valence-electron chi connectivity index (χ1n) is 6.89. The van der Waals surface area contributed by atoms with Gasteiger partial charge in [-0.15, -0.1) is 0 Å². The standard InChI is InChI=1S/C15H20O4/c1-15(10-12(16)5-8-19-15)11-3-4-13-14(9-11)18-7-2-6-17-13/h3-4,9,12,16H,2,5-8,10H2,1H3. The Hall–Kier alpha value is -1.26. The second-order valence-electron chi connectivity index (χ2n) is 5.44. The minimum Gasteiger partial charge on any atom is -0.490 e. The SMILES string of the molecule is CC1(c2ccc3c(c2)OCCCO3)CC(O)CCO1. The minimum absolute atomic E-state index is 0.297. The molecule has 2 heterocycles. The van der Waals surface area contributed by atoms with Crippen molar-refractivity contribution in [3.63, 3.8) is 0 Å². The summed E-state index contributed by atoms with van der Waals surface area (Å²) < 4.78 is 17.2. The molecule has 1 N–H and O–H groups in total.